The topological polar surface area (TPSA) is 69.4 Å². The molecule has 0 bridgehead atoms. The zero-order valence-electron chi connectivity index (χ0n) is 12.5. The first-order chi connectivity index (χ1) is 9.95. The van der Waals surface area contributed by atoms with Gasteiger partial charge < -0.3 is 4.74 Å². The van der Waals surface area contributed by atoms with Crippen molar-refractivity contribution in [2.75, 3.05) is 6.61 Å². The van der Waals surface area contributed by atoms with E-state index in [0.717, 1.165) is 12.8 Å². The summed E-state index contributed by atoms with van der Waals surface area (Å²) in [6.07, 6.45) is 3.36. The Labute approximate surface area is 124 Å². The van der Waals surface area contributed by atoms with Crippen LogP contribution in [0.2, 0.25) is 0 Å². The summed E-state index contributed by atoms with van der Waals surface area (Å²) in [6.45, 7) is 4.47. The van der Waals surface area contributed by atoms with Crippen molar-refractivity contribution in [3.05, 3.63) is 39.9 Å². The van der Waals surface area contributed by atoms with Gasteiger partial charge in [-0.05, 0) is 43.2 Å². The molecule has 1 aliphatic carbocycles. The second-order valence-electron chi connectivity index (χ2n) is 6.08. The molecule has 1 saturated carbocycles. The van der Waals surface area contributed by atoms with Crippen LogP contribution >= 0.6 is 0 Å². The number of nitrogens with zero attached hydrogens (tertiary/aromatic N) is 1. The lowest BCUT2D eigenvalue weighted by Crippen LogP contribution is -2.28. The highest BCUT2D eigenvalue weighted by Gasteiger charge is 2.25. The lowest BCUT2D eigenvalue weighted by Gasteiger charge is -2.31. The fourth-order valence-electron chi connectivity index (χ4n) is 3.06. The van der Waals surface area contributed by atoms with E-state index >= 15 is 0 Å². The number of carbonyl (C=O) groups excluding carboxylic acids is 1. The monoisotopic (exact) mass is 291 g/mol. The smallest absolute Gasteiger partial charge is 0.269 e. The van der Waals surface area contributed by atoms with Gasteiger partial charge in [-0.15, -0.1) is 0 Å². The van der Waals surface area contributed by atoms with Crippen molar-refractivity contribution in [3.63, 3.8) is 0 Å². The molecule has 1 aliphatic rings. The Morgan fingerprint density at radius 3 is 2.29 bits per heavy atom. The fraction of sp³-hybridized carbons (Fsp3) is 0.562. The number of nitro groups is 1. The largest absolute Gasteiger partial charge is 0.370 e. The van der Waals surface area contributed by atoms with E-state index in [4.69, 9.17) is 4.74 Å². The zero-order valence-corrected chi connectivity index (χ0v) is 12.5. The van der Waals surface area contributed by atoms with Crippen LogP contribution in [0.15, 0.2) is 24.3 Å². The van der Waals surface area contributed by atoms with Gasteiger partial charge in [0.25, 0.3) is 5.69 Å². The van der Waals surface area contributed by atoms with E-state index in [1.807, 2.05) is 0 Å². The van der Waals surface area contributed by atoms with E-state index < -0.39 is 4.92 Å². The predicted molar refractivity (Wildman–Crippen MR) is 79.3 cm³/mol. The Morgan fingerprint density at radius 2 is 1.76 bits per heavy atom. The van der Waals surface area contributed by atoms with Gasteiger partial charge in [-0.25, -0.2) is 0 Å². The average molecular weight is 291 g/mol. The highest BCUT2D eigenvalue weighted by Crippen LogP contribution is 2.30. The summed E-state index contributed by atoms with van der Waals surface area (Å²) in [7, 11) is 0. The number of ether oxygens (including phenoxy) is 1. The maximum absolute atomic E-state index is 12.0. The summed E-state index contributed by atoms with van der Waals surface area (Å²) in [4.78, 5) is 22.1. The van der Waals surface area contributed by atoms with Crippen molar-refractivity contribution >= 4 is 11.5 Å². The number of carbonyl (C=O) groups is 1. The third kappa shape index (κ3) is 4.36. The summed E-state index contributed by atoms with van der Waals surface area (Å²) >= 11 is 0. The number of ketones is 1. The minimum Gasteiger partial charge on any atom is -0.370 e. The van der Waals surface area contributed by atoms with Gasteiger partial charge in [-0.2, -0.15) is 0 Å². The summed E-state index contributed by atoms with van der Waals surface area (Å²) < 4.78 is 5.73. The molecule has 5 heteroatoms. The maximum Gasteiger partial charge on any atom is 0.269 e. The highest BCUT2D eigenvalue weighted by atomic mass is 16.6. The SMILES string of the molecule is CC1CC(C)CC(OCC(=O)c2ccc([N+](=O)[O-])cc2)C1. The number of Topliss-reactive ketones (excluding diaryl/α,β-unsaturated/α-hetero) is 1. The van der Waals surface area contributed by atoms with E-state index in [2.05, 4.69) is 13.8 Å². The molecule has 0 aromatic heterocycles. The molecular formula is C16H21NO4. The van der Waals surface area contributed by atoms with Crippen molar-refractivity contribution in [2.45, 2.75) is 39.2 Å². The third-order valence-corrected chi connectivity index (χ3v) is 3.99. The fourth-order valence-corrected chi connectivity index (χ4v) is 3.06. The van der Waals surface area contributed by atoms with Crippen LogP contribution in [0, 0.1) is 22.0 Å². The van der Waals surface area contributed by atoms with Crippen LogP contribution in [-0.2, 0) is 4.74 Å². The van der Waals surface area contributed by atoms with E-state index in [-0.39, 0.29) is 24.2 Å². The quantitative estimate of drug-likeness (QED) is 0.472. The maximum atomic E-state index is 12.0. The van der Waals surface area contributed by atoms with Crippen LogP contribution < -0.4 is 0 Å². The first-order valence-corrected chi connectivity index (χ1v) is 7.35. The van der Waals surface area contributed by atoms with Gasteiger partial charge in [-0.3, -0.25) is 14.9 Å². The molecule has 1 fully saturated rings. The Morgan fingerprint density at radius 1 is 1.19 bits per heavy atom. The van der Waals surface area contributed by atoms with Gasteiger partial charge in [0, 0.05) is 17.7 Å². The van der Waals surface area contributed by atoms with Gasteiger partial charge in [-0.1, -0.05) is 13.8 Å². The van der Waals surface area contributed by atoms with Crippen molar-refractivity contribution in [2.24, 2.45) is 11.8 Å². The van der Waals surface area contributed by atoms with Crippen LogP contribution in [0.5, 0.6) is 0 Å². The van der Waals surface area contributed by atoms with Gasteiger partial charge in [0.1, 0.15) is 6.61 Å². The molecule has 0 amide bonds. The predicted octanol–water partition coefficient (Wildman–Crippen LogP) is 3.62. The molecule has 0 radical (unpaired) electrons. The van der Waals surface area contributed by atoms with Crippen LogP contribution in [0.4, 0.5) is 5.69 Å². The van der Waals surface area contributed by atoms with Crippen molar-refractivity contribution < 1.29 is 14.5 Å². The number of hydrogen-bond acceptors (Lipinski definition) is 4. The molecule has 1 aromatic rings. The number of hydrogen-bond donors (Lipinski definition) is 0. The van der Waals surface area contributed by atoms with Crippen molar-refractivity contribution in [3.8, 4) is 0 Å². The molecule has 0 aliphatic heterocycles. The summed E-state index contributed by atoms with van der Waals surface area (Å²) in [5.41, 5.74) is 0.444. The van der Waals surface area contributed by atoms with E-state index in [1.54, 1.807) is 0 Å². The van der Waals surface area contributed by atoms with E-state index in [1.165, 1.54) is 30.7 Å². The summed E-state index contributed by atoms with van der Waals surface area (Å²) in [6, 6.07) is 5.65. The summed E-state index contributed by atoms with van der Waals surface area (Å²) in [5, 5.41) is 10.6. The van der Waals surface area contributed by atoms with Crippen LogP contribution in [0.25, 0.3) is 0 Å². The van der Waals surface area contributed by atoms with Gasteiger partial charge in [0.05, 0.1) is 11.0 Å². The Balaban J connectivity index is 1.88. The Kier molecular flexibility index (Phi) is 5.07. The van der Waals surface area contributed by atoms with Gasteiger partial charge in [0.15, 0.2) is 5.78 Å². The average Bonchev–Trinajstić information content (AvgIpc) is 2.44. The minimum absolute atomic E-state index is 0.0117. The molecule has 2 rings (SSSR count). The molecule has 0 heterocycles. The molecule has 0 spiro atoms. The van der Waals surface area contributed by atoms with E-state index in [9.17, 15) is 14.9 Å². The molecule has 0 saturated heterocycles. The molecule has 114 valence electrons. The number of benzene rings is 1. The van der Waals surface area contributed by atoms with Crippen molar-refractivity contribution in [1.82, 2.24) is 0 Å². The van der Waals surface area contributed by atoms with Crippen molar-refractivity contribution in [1.29, 1.82) is 0 Å². The molecule has 0 N–H and O–H groups in total. The normalized spacial score (nSPS) is 25.5. The van der Waals surface area contributed by atoms with Gasteiger partial charge in [0.2, 0.25) is 0 Å². The molecule has 5 nitrogen and oxygen atoms in total. The molecule has 21 heavy (non-hydrogen) atoms. The summed E-state index contributed by atoms with van der Waals surface area (Å²) in [5.74, 6) is 1.14. The van der Waals surface area contributed by atoms with Crippen LogP contribution in [0.3, 0.4) is 0 Å². The molecule has 1 aromatic carbocycles. The van der Waals surface area contributed by atoms with Gasteiger partial charge >= 0.3 is 0 Å². The standard InChI is InChI=1S/C16H21NO4/c1-11-7-12(2)9-15(8-11)21-10-16(18)13-3-5-14(6-4-13)17(19)20/h3-6,11-12,15H,7-10H2,1-2H3. The molecule has 2 unspecified atom stereocenters. The first-order valence-electron chi connectivity index (χ1n) is 7.35. The molecule has 2 atom stereocenters. The highest BCUT2D eigenvalue weighted by molar-refractivity contribution is 5.97. The number of rotatable bonds is 5. The Bertz CT molecular complexity index is 502. The lowest BCUT2D eigenvalue weighted by molar-refractivity contribution is -0.384. The second-order valence-corrected chi connectivity index (χ2v) is 6.08. The number of nitro benzene ring substituents is 1. The van der Waals surface area contributed by atoms with Crippen LogP contribution in [0.1, 0.15) is 43.5 Å². The minimum atomic E-state index is -0.477. The molecular weight excluding hydrogens is 270 g/mol. The number of non-ortho nitro benzene ring substituents is 1. The van der Waals surface area contributed by atoms with E-state index in [0.29, 0.717) is 17.4 Å². The van der Waals surface area contributed by atoms with Crippen LogP contribution in [-0.4, -0.2) is 23.4 Å². The Hall–Kier alpha value is -1.75. The first kappa shape index (κ1) is 15.6. The zero-order chi connectivity index (χ0) is 15.4. The second kappa shape index (κ2) is 6.80. The third-order valence-electron chi connectivity index (χ3n) is 3.99. The lowest BCUT2D eigenvalue weighted by atomic mass is 9.82.